The van der Waals surface area contributed by atoms with Crippen molar-refractivity contribution in [2.75, 3.05) is 0 Å². The van der Waals surface area contributed by atoms with E-state index >= 15 is 0 Å². The van der Waals surface area contributed by atoms with Gasteiger partial charge in [-0.15, -0.1) is 0 Å². The first kappa shape index (κ1) is 17.0. The third-order valence-corrected chi connectivity index (χ3v) is 6.03. The monoisotopic (exact) mass is 359 g/mol. The number of halogens is 1. The van der Waals surface area contributed by atoms with Crippen molar-refractivity contribution in [3.63, 3.8) is 0 Å². The van der Waals surface area contributed by atoms with Crippen LogP contribution in [0.5, 0.6) is 0 Å². The summed E-state index contributed by atoms with van der Waals surface area (Å²) in [5.41, 5.74) is 3.20. The van der Waals surface area contributed by atoms with Crippen molar-refractivity contribution < 1.29 is 8.42 Å². The standard InChI is InChI=1S/C19H18ClNO2S/c1-13-6-3-9-16(14(13)2)12-21-24(22,23)18-11-5-8-15-7-4-10-17(20)19(15)18/h3-11,21H,12H2,1-2H3. The maximum absolute atomic E-state index is 12.8. The third kappa shape index (κ3) is 3.18. The topological polar surface area (TPSA) is 46.2 Å². The Morgan fingerprint density at radius 2 is 1.62 bits per heavy atom. The zero-order valence-corrected chi connectivity index (χ0v) is 15.1. The predicted octanol–water partition coefficient (Wildman–Crippen LogP) is 4.59. The molecule has 0 amide bonds. The molecule has 3 rings (SSSR count). The number of nitrogens with one attached hydrogen (secondary N) is 1. The predicted molar refractivity (Wildman–Crippen MR) is 98.9 cm³/mol. The Bertz CT molecular complexity index is 1010. The number of aryl methyl sites for hydroxylation is 1. The summed E-state index contributed by atoms with van der Waals surface area (Å²) in [7, 11) is -3.67. The number of sulfonamides is 1. The fourth-order valence-electron chi connectivity index (χ4n) is 2.74. The maximum atomic E-state index is 12.8. The molecular weight excluding hydrogens is 342 g/mol. The summed E-state index contributed by atoms with van der Waals surface area (Å²) < 4.78 is 28.3. The summed E-state index contributed by atoms with van der Waals surface area (Å²) in [5.74, 6) is 0. The van der Waals surface area contributed by atoms with Crippen LogP contribution >= 0.6 is 11.6 Å². The lowest BCUT2D eigenvalue weighted by atomic mass is 10.0. The number of hydrogen-bond donors (Lipinski definition) is 1. The zero-order valence-electron chi connectivity index (χ0n) is 13.5. The Morgan fingerprint density at radius 1 is 0.958 bits per heavy atom. The lowest BCUT2D eigenvalue weighted by molar-refractivity contribution is 0.582. The van der Waals surface area contributed by atoms with E-state index < -0.39 is 10.0 Å². The average Bonchev–Trinajstić information content (AvgIpc) is 2.56. The molecule has 24 heavy (non-hydrogen) atoms. The maximum Gasteiger partial charge on any atom is 0.241 e. The number of hydrogen-bond acceptors (Lipinski definition) is 2. The largest absolute Gasteiger partial charge is 0.241 e. The molecule has 0 saturated heterocycles. The van der Waals surface area contributed by atoms with Gasteiger partial charge in [-0.3, -0.25) is 0 Å². The van der Waals surface area contributed by atoms with E-state index in [2.05, 4.69) is 4.72 Å². The smallest absolute Gasteiger partial charge is 0.207 e. The molecular formula is C19H18ClNO2S. The van der Waals surface area contributed by atoms with Gasteiger partial charge in [0.2, 0.25) is 10.0 Å². The normalized spacial score (nSPS) is 11.8. The van der Waals surface area contributed by atoms with Crippen LogP contribution in [0.4, 0.5) is 0 Å². The second-order valence-electron chi connectivity index (χ2n) is 5.78. The lowest BCUT2D eigenvalue weighted by Gasteiger charge is -2.12. The van der Waals surface area contributed by atoms with Crippen LogP contribution in [0.25, 0.3) is 10.8 Å². The van der Waals surface area contributed by atoms with Crippen molar-refractivity contribution in [2.45, 2.75) is 25.3 Å². The summed E-state index contributed by atoms with van der Waals surface area (Å²) in [6.07, 6.45) is 0. The van der Waals surface area contributed by atoms with Gasteiger partial charge in [-0.2, -0.15) is 0 Å². The summed E-state index contributed by atoms with van der Waals surface area (Å²) in [4.78, 5) is 0.205. The second-order valence-corrected chi connectivity index (χ2v) is 7.92. The minimum Gasteiger partial charge on any atom is -0.207 e. The number of rotatable bonds is 4. The molecule has 0 heterocycles. The van der Waals surface area contributed by atoms with Crippen LogP contribution in [-0.2, 0) is 16.6 Å². The third-order valence-electron chi connectivity index (χ3n) is 4.27. The molecule has 0 aliphatic carbocycles. The van der Waals surface area contributed by atoms with Crippen LogP contribution in [-0.4, -0.2) is 8.42 Å². The van der Waals surface area contributed by atoms with Crippen molar-refractivity contribution in [1.29, 1.82) is 0 Å². The Kier molecular flexibility index (Phi) is 4.63. The molecule has 0 unspecified atom stereocenters. The molecule has 0 aliphatic rings. The summed E-state index contributed by atoms with van der Waals surface area (Å²) in [6.45, 7) is 4.25. The van der Waals surface area contributed by atoms with E-state index in [0.29, 0.717) is 10.4 Å². The molecule has 5 heteroatoms. The Morgan fingerprint density at radius 3 is 2.38 bits per heavy atom. The van der Waals surface area contributed by atoms with Gasteiger partial charge in [0.1, 0.15) is 0 Å². The van der Waals surface area contributed by atoms with Crippen LogP contribution in [0, 0.1) is 13.8 Å². The van der Waals surface area contributed by atoms with Crippen LogP contribution < -0.4 is 4.72 Å². The van der Waals surface area contributed by atoms with Crippen LogP contribution in [0.1, 0.15) is 16.7 Å². The molecule has 0 atom stereocenters. The van der Waals surface area contributed by atoms with Gasteiger partial charge in [-0.1, -0.05) is 54.1 Å². The fourth-order valence-corrected chi connectivity index (χ4v) is 4.33. The van der Waals surface area contributed by atoms with E-state index in [1.54, 1.807) is 18.2 Å². The molecule has 0 aliphatic heterocycles. The van der Waals surface area contributed by atoms with Gasteiger partial charge in [0.25, 0.3) is 0 Å². The lowest BCUT2D eigenvalue weighted by Crippen LogP contribution is -2.24. The molecule has 1 N–H and O–H groups in total. The van der Waals surface area contributed by atoms with E-state index in [0.717, 1.165) is 22.1 Å². The molecule has 0 fully saturated rings. The van der Waals surface area contributed by atoms with Crippen molar-refractivity contribution >= 4 is 32.4 Å². The molecule has 0 aromatic heterocycles. The first-order chi connectivity index (χ1) is 11.4. The molecule has 0 spiro atoms. The van der Waals surface area contributed by atoms with E-state index in [9.17, 15) is 8.42 Å². The van der Waals surface area contributed by atoms with Gasteiger partial charge in [0, 0.05) is 17.0 Å². The molecule has 124 valence electrons. The Labute approximate surface area is 147 Å². The zero-order chi connectivity index (χ0) is 17.3. The highest BCUT2D eigenvalue weighted by molar-refractivity contribution is 7.89. The summed E-state index contributed by atoms with van der Waals surface area (Å²) >= 11 is 6.24. The van der Waals surface area contributed by atoms with Gasteiger partial charge in [-0.25, -0.2) is 13.1 Å². The number of benzene rings is 3. The first-order valence-electron chi connectivity index (χ1n) is 7.62. The Hall–Kier alpha value is -1.88. The van der Waals surface area contributed by atoms with Crippen LogP contribution in [0.15, 0.2) is 59.5 Å². The van der Waals surface area contributed by atoms with E-state index in [1.807, 2.05) is 50.2 Å². The van der Waals surface area contributed by atoms with E-state index in [1.165, 1.54) is 0 Å². The fraction of sp³-hybridized carbons (Fsp3) is 0.158. The highest BCUT2D eigenvalue weighted by Crippen LogP contribution is 2.29. The average molecular weight is 360 g/mol. The van der Waals surface area contributed by atoms with E-state index in [4.69, 9.17) is 11.6 Å². The van der Waals surface area contributed by atoms with Gasteiger partial charge in [0.05, 0.1) is 4.90 Å². The van der Waals surface area contributed by atoms with Crippen molar-refractivity contribution in [2.24, 2.45) is 0 Å². The highest BCUT2D eigenvalue weighted by atomic mass is 35.5. The second kappa shape index (κ2) is 6.55. The quantitative estimate of drug-likeness (QED) is 0.740. The highest BCUT2D eigenvalue weighted by Gasteiger charge is 2.19. The van der Waals surface area contributed by atoms with Gasteiger partial charge < -0.3 is 0 Å². The van der Waals surface area contributed by atoms with Crippen LogP contribution in [0.2, 0.25) is 5.02 Å². The van der Waals surface area contributed by atoms with Gasteiger partial charge >= 0.3 is 0 Å². The first-order valence-corrected chi connectivity index (χ1v) is 9.48. The minimum atomic E-state index is -3.67. The van der Waals surface area contributed by atoms with Gasteiger partial charge in [0.15, 0.2) is 0 Å². The molecule has 0 radical (unpaired) electrons. The van der Waals surface area contributed by atoms with Crippen molar-refractivity contribution in [1.82, 2.24) is 4.72 Å². The Balaban J connectivity index is 1.99. The summed E-state index contributed by atoms with van der Waals surface area (Å²) in [5, 5.41) is 1.78. The minimum absolute atomic E-state index is 0.205. The SMILES string of the molecule is Cc1cccc(CNS(=O)(=O)c2cccc3cccc(Cl)c23)c1C. The van der Waals surface area contributed by atoms with Crippen molar-refractivity contribution in [3.8, 4) is 0 Å². The molecule has 3 aromatic rings. The molecule has 0 saturated carbocycles. The molecule has 3 aromatic carbocycles. The number of fused-ring (bicyclic) bond motifs is 1. The molecule has 0 bridgehead atoms. The van der Waals surface area contributed by atoms with Crippen molar-refractivity contribution in [3.05, 3.63) is 76.3 Å². The van der Waals surface area contributed by atoms with Gasteiger partial charge in [-0.05, 0) is 48.1 Å². The molecule has 3 nitrogen and oxygen atoms in total. The van der Waals surface area contributed by atoms with E-state index in [-0.39, 0.29) is 11.4 Å². The summed E-state index contributed by atoms with van der Waals surface area (Å²) in [6, 6.07) is 16.4. The van der Waals surface area contributed by atoms with Crippen LogP contribution in [0.3, 0.4) is 0 Å².